The fourth-order valence-electron chi connectivity index (χ4n) is 2.31. The summed E-state index contributed by atoms with van der Waals surface area (Å²) in [6.45, 7) is 4.43. The van der Waals surface area contributed by atoms with Crippen LogP contribution in [0.25, 0.3) is 0 Å². The standard InChI is InChI=1S/C16H20N2O2S/c1-12(14-4-7-21-11-14)18-9-13-2-5-17-16(8-13)20-15-3-6-19-10-15/h2,4-5,7-8,11-12,15,18H,3,6,9-10H2,1H3/t12-,15+/m0/s1. The van der Waals surface area contributed by atoms with Gasteiger partial charge < -0.3 is 14.8 Å². The van der Waals surface area contributed by atoms with Crippen molar-refractivity contribution in [1.82, 2.24) is 10.3 Å². The Hall–Kier alpha value is -1.43. The second-order valence-corrected chi connectivity index (χ2v) is 6.05. The van der Waals surface area contributed by atoms with E-state index in [2.05, 4.69) is 34.1 Å². The summed E-state index contributed by atoms with van der Waals surface area (Å²) in [5.74, 6) is 0.688. The molecule has 0 amide bonds. The molecule has 1 N–H and O–H groups in total. The topological polar surface area (TPSA) is 43.4 Å². The van der Waals surface area contributed by atoms with E-state index in [0.29, 0.717) is 18.5 Å². The molecule has 0 saturated carbocycles. The summed E-state index contributed by atoms with van der Waals surface area (Å²) in [5, 5.41) is 7.81. The molecule has 1 aliphatic rings. The fourth-order valence-corrected chi connectivity index (χ4v) is 3.07. The van der Waals surface area contributed by atoms with Gasteiger partial charge in [-0.05, 0) is 40.9 Å². The highest BCUT2D eigenvalue weighted by molar-refractivity contribution is 7.07. The number of hydrogen-bond donors (Lipinski definition) is 1. The molecule has 1 aliphatic heterocycles. The molecule has 2 aromatic heterocycles. The normalized spacial score (nSPS) is 19.6. The molecule has 3 heterocycles. The number of nitrogens with zero attached hydrogens (tertiary/aromatic N) is 1. The molecule has 0 bridgehead atoms. The monoisotopic (exact) mass is 304 g/mol. The third-order valence-electron chi connectivity index (χ3n) is 3.63. The van der Waals surface area contributed by atoms with Gasteiger partial charge in [0.2, 0.25) is 5.88 Å². The summed E-state index contributed by atoms with van der Waals surface area (Å²) in [5.41, 5.74) is 2.51. The van der Waals surface area contributed by atoms with Crippen molar-refractivity contribution in [2.75, 3.05) is 13.2 Å². The third kappa shape index (κ3) is 4.03. The van der Waals surface area contributed by atoms with Gasteiger partial charge in [-0.25, -0.2) is 4.98 Å². The average molecular weight is 304 g/mol. The number of ether oxygens (including phenoxy) is 2. The lowest BCUT2D eigenvalue weighted by atomic mass is 10.1. The van der Waals surface area contributed by atoms with Gasteiger partial charge >= 0.3 is 0 Å². The molecule has 0 unspecified atom stereocenters. The lowest BCUT2D eigenvalue weighted by Gasteiger charge is -2.14. The van der Waals surface area contributed by atoms with E-state index in [0.717, 1.165) is 19.6 Å². The first-order chi connectivity index (χ1) is 10.3. The molecule has 21 heavy (non-hydrogen) atoms. The minimum absolute atomic E-state index is 0.144. The lowest BCUT2D eigenvalue weighted by molar-refractivity contribution is 0.138. The van der Waals surface area contributed by atoms with Gasteiger partial charge in [0.15, 0.2) is 0 Å². The Labute approximate surface area is 129 Å². The maximum atomic E-state index is 5.83. The van der Waals surface area contributed by atoms with Gasteiger partial charge in [0.1, 0.15) is 6.10 Å². The van der Waals surface area contributed by atoms with Crippen LogP contribution in [-0.2, 0) is 11.3 Å². The number of rotatable bonds is 6. The number of thiophene rings is 1. The minimum Gasteiger partial charge on any atom is -0.472 e. The van der Waals surface area contributed by atoms with Crippen molar-refractivity contribution in [2.24, 2.45) is 0 Å². The Morgan fingerprint density at radius 3 is 3.24 bits per heavy atom. The SMILES string of the molecule is C[C@H](NCc1ccnc(O[C@@H]2CCOC2)c1)c1ccsc1. The molecule has 0 radical (unpaired) electrons. The average Bonchev–Trinajstić information content (AvgIpc) is 3.18. The zero-order valence-corrected chi connectivity index (χ0v) is 12.9. The largest absolute Gasteiger partial charge is 0.472 e. The molecule has 5 heteroatoms. The Kier molecular flexibility index (Phi) is 4.85. The lowest BCUT2D eigenvalue weighted by Crippen LogP contribution is -2.18. The maximum absolute atomic E-state index is 5.83. The Balaban J connectivity index is 1.55. The van der Waals surface area contributed by atoms with E-state index in [1.54, 1.807) is 17.5 Å². The first-order valence-corrected chi connectivity index (χ1v) is 8.20. The molecule has 2 aromatic rings. The molecule has 0 aliphatic carbocycles. The molecule has 112 valence electrons. The zero-order chi connectivity index (χ0) is 14.5. The second-order valence-electron chi connectivity index (χ2n) is 5.27. The summed E-state index contributed by atoms with van der Waals surface area (Å²) in [4.78, 5) is 4.28. The molecule has 0 spiro atoms. The van der Waals surface area contributed by atoms with Gasteiger partial charge in [-0.3, -0.25) is 0 Å². The van der Waals surface area contributed by atoms with E-state index >= 15 is 0 Å². The second kappa shape index (κ2) is 7.02. The van der Waals surface area contributed by atoms with Crippen molar-refractivity contribution in [3.8, 4) is 5.88 Å². The minimum atomic E-state index is 0.144. The van der Waals surface area contributed by atoms with Crippen LogP contribution in [0.15, 0.2) is 35.2 Å². The van der Waals surface area contributed by atoms with Crippen LogP contribution in [-0.4, -0.2) is 24.3 Å². The van der Waals surface area contributed by atoms with Crippen LogP contribution >= 0.6 is 11.3 Å². The van der Waals surface area contributed by atoms with Crippen molar-refractivity contribution in [2.45, 2.75) is 32.0 Å². The number of aromatic nitrogens is 1. The summed E-state index contributed by atoms with van der Waals surface area (Å²) in [7, 11) is 0. The summed E-state index contributed by atoms with van der Waals surface area (Å²) < 4.78 is 11.1. The van der Waals surface area contributed by atoms with Crippen molar-refractivity contribution in [3.05, 3.63) is 46.3 Å². The highest BCUT2D eigenvalue weighted by Crippen LogP contribution is 2.18. The van der Waals surface area contributed by atoms with Gasteiger partial charge in [0.05, 0.1) is 13.2 Å². The van der Waals surface area contributed by atoms with Crippen LogP contribution in [0.2, 0.25) is 0 Å². The molecular formula is C16H20N2O2S. The van der Waals surface area contributed by atoms with E-state index in [9.17, 15) is 0 Å². The highest BCUT2D eigenvalue weighted by Gasteiger charge is 2.17. The smallest absolute Gasteiger partial charge is 0.213 e. The van der Waals surface area contributed by atoms with Gasteiger partial charge in [-0.1, -0.05) is 0 Å². The van der Waals surface area contributed by atoms with Crippen LogP contribution in [0.5, 0.6) is 5.88 Å². The van der Waals surface area contributed by atoms with E-state index < -0.39 is 0 Å². The maximum Gasteiger partial charge on any atom is 0.213 e. The van der Waals surface area contributed by atoms with E-state index in [4.69, 9.17) is 9.47 Å². The van der Waals surface area contributed by atoms with Gasteiger partial charge in [0.25, 0.3) is 0 Å². The van der Waals surface area contributed by atoms with Crippen LogP contribution < -0.4 is 10.1 Å². The molecule has 1 fully saturated rings. The van der Waals surface area contributed by atoms with E-state index in [-0.39, 0.29) is 6.10 Å². The quantitative estimate of drug-likeness (QED) is 0.890. The van der Waals surface area contributed by atoms with Crippen molar-refractivity contribution in [3.63, 3.8) is 0 Å². The van der Waals surface area contributed by atoms with Gasteiger partial charge in [0, 0.05) is 31.3 Å². The molecular weight excluding hydrogens is 284 g/mol. The van der Waals surface area contributed by atoms with Gasteiger partial charge in [-0.15, -0.1) is 0 Å². The highest BCUT2D eigenvalue weighted by atomic mass is 32.1. The van der Waals surface area contributed by atoms with Crippen molar-refractivity contribution in [1.29, 1.82) is 0 Å². The predicted octanol–water partition coefficient (Wildman–Crippen LogP) is 3.16. The fraction of sp³-hybridized carbons (Fsp3) is 0.438. The van der Waals surface area contributed by atoms with Crippen molar-refractivity contribution < 1.29 is 9.47 Å². The summed E-state index contributed by atoms with van der Waals surface area (Å²) in [6, 6.07) is 6.53. The van der Waals surface area contributed by atoms with Crippen LogP contribution in [0.1, 0.15) is 30.5 Å². The van der Waals surface area contributed by atoms with E-state index in [1.165, 1.54) is 11.1 Å². The predicted molar refractivity (Wildman–Crippen MR) is 83.7 cm³/mol. The molecule has 2 atom stereocenters. The Morgan fingerprint density at radius 2 is 2.48 bits per heavy atom. The molecule has 4 nitrogen and oxygen atoms in total. The zero-order valence-electron chi connectivity index (χ0n) is 12.1. The van der Waals surface area contributed by atoms with Crippen LogP contribution in [0, 0.1) is 0 Å². The van der Waals surface area contributed by atoms with E-state index in [1.807, 2.05) is 12.1 Å². The number of hydrogen-bond acceptors (Lipinski definition) is 5. The number of pyridine rings is 1. The number of nitrogens with one attached hydrogen (secondary N) is 1. The van der Waals surface area contributed by atoms with Crippen molar-refractivity contribution >= 4 is 11.3 Å². The van der Waals surface area contributed by atoms with Gasteiger partial charge in [-0.2, -0.15) is 11.3 Å². The third-order valence-corrected chi connectivity index (χ3v) is 4.33. The molecule has 3 rings (SSSR count). The summed E-state index contributed by atoms with van der Waals surface area (Å²) in [6.07, 6.45) is 2.89. The summed E-state index contributed by atoms with van der Waals surface area (Å²) >= 11 is 1.73. The molecule has 0 aromatic carbocycles. The van der Waals surface area contributed by atoms with Crippen LogP contribution in [0.4, 0.5) is 0 Å². The Morgan fingerprint density at radius 1 is 1.52 bits per heavy atom. The molecule has 1 saturated heterocycles. The van der Waals surface area contributed by atoms with Crippen LogP contribution in [0.3, 0.4) is 0 Å². The first kappa shape index (κ1) is 14.5. The first-order valence-electron chi connectivity index (χ1n) is 7.26. The Bertz CT molecular complexity index is 553.